The molecule has 100 valence electrons. The molecule has 0 radical (unpaired) electrons. The highest BCUT2D eigenvalue weighted by molar-refractivity contribution is 9.10. The zero-order valence-electron chi connectivity index (χ0n) is 9.94. The van der Waals surface area contributed by atoms with Crippen LogP contribution in [0.4, 0.5) is 10.1 Å². The highest BCUT2D eigenvalue weighted by Crippen LogP contribution is 2.19. The van der Waals surface area contributed by atoms with Crippen molar-refractivity contribution in [2.24, 2.45) is 5.73 Å². The molecular weight excluding hydrogens is 315 g/mol. The molecule has 5 nitrogen and oxygen atoms in total. The highest BCUT2D eigenvalue weighted by Gasteiger charge is 2.10. The summed E-state index contributed by atoms with van der Waals surface area (Å²) in [5.74, 6) is -0.830. The van der Waals surface area contributed by atoms with Crippen molar-refractivity contribution in [1.82, 2.24) is 9.55 Å². The molecule has 0 atom stereocenters. The van der Waals surface area contributed by atoms with E-state index in [2.05, 4.69) is 26.2 Å². The first kappa shape index (κ1) is 13.7. The Labute approximate surface area is 117 Å². The summed E-state index contributed by atoms with van der Waals surface area (Å²) in [6.45, 7) is 1.06. The summed E-state index contributed by atoms with van der Waals surface area (Å²) in [5.41, 5.74) is 6.04. The number of aromatic nitrogens is 2. The molecule has 19 heavy (non-hydrogen) atoms. The Morgan fingerprint density at radius 3 is 3.00 bits per heavy atom. The number of carbonyl (C=O) groups is 1. The van der Waals surface area contributed by atoms with Crippen LogP contribution < -0.4 is 11.1 Å². The lowest BCUT2D eigenvalue weighted by Crippen LogP contribution is -2.13. The smallest absolute Gasteiger partial charge is 0.275 e. The van der Waals surface area contributed by atoms with Crippen LogP contribution in [0.25, 0.3) is 0 Å². The molecule has 0 bridgehead atoms. The quantitative estimate of drug-likeness (QED) is 0.902. The molecule has 3 N–H and O–H groups in total. The van der Waals surface area contributed by atoms with Crippen molar-refractivity contribution >= 4 is 27.5 Å². The fourth-order valence-corrected chi connectivity index (χ4v) is 1.76. The van der Waals surface area contributed by atoms with Gasteiger partial charge in [-0.2, -0.15) is 0 Å². The topological polar surface area (TPSA) is 72.9 Å². The number of imidazole rings is 1. The van der Waals surface area contributed by atoms with E-state index in [0.717, 1.165) is 0 Å². The minimum atomic E-state index is -0.438. The maximum absolute atomic E-state index is 13.3. The maximum atomic E-state index is 13.3. The van der Waals surface area contributed by atoms with Gasteiger partial charge in [0.2, 0.25) is 0 Å². The number of amides is 1. The molecule has 0 saturated carbocycles. The largest absolute Gasteiger partial charge is 0.335 e. The van der Waals surface area contributed by atoms with Gasteiger partial charge >= 0.3 is 0 Å². The predicted molar refractivity (Wildman–Crippen MR) is 73.3 cm³/mol. The van der Waals surface area contributed by atoms with E-state index in [9.17, 15) is 9.18 Å². The number of hydrogen-bond donors (Lipinski definition) is 2. The zero-order valence-corrected chi connectivity index (χ0v) is 11.5. The molecule has 2 aromatic rings. The molecule has 0 aliphatic heterocycles. The van der Waals surface area contributed by atoms with Gasteiger partial charge in [-0.05, 0) is 34.1 Å². The minimum Gasteiger partial charge on any atom is -0.335 e. The van der Waals surface area contributed by atoms with Crippen LogP contribution in [0.2, 0.25) is 0 Å². The van der Waals surface area contributed by atoms with E-state index in [4.69, 9.17) is 5.73 Å². The Hall–Kier alpha value is -1.73. The second-order valence-electron chi connectivity index (χ2n) is 3.87. The number of carbonyl (C=O) groups excluding carboxylic acids is 1. The van der Waals surface area contributed by atoms with E-state index in [1.165, 1.54) is 18.5 Å². The molecule has 0 aliphatic rings. The number of benzene rings is 1. The summed E-state index contributed by atoms with van der Waals surface area (Å²) >= 11 is 3.05. The standard InChI is InChI=1S/C12H12BrFN4O/c13-9-2-1-8(5-10(9)14)17-12(19)11-6-18(4-3-15)7-16-11/h1-2,5-7H,3-4,15H2,(H,17,19). The summed E-state index contributed by atoms with van der Waals surface area (Å²) in [6, 6.07) is 4.36. The Morgan fingerprint density at radius 2 is 2.32 bits per heavy atom. The Kier molecular flexibility index (Phi) is 4.28. The van der Waals surface area contributed by atoms with Crippen LogP contribution in [0.5, 0.6) is 0 Å². The van der Waals surface area contributed by atoms with Crippen molar-refractivity contribution in [3.8, 4) is 0 Å². The van der Waals surface area contributed by atoms with E-state index in [1.807, 2.05) is 0 Å². The van der Waals surface area contributed by atoms with Crippen molar-refractivity contribution in [3.63, 3.8) is 0 Å². The number of rotatable bonds is 4. The molecule has 0 saturated heterocycles. The van der Waals surface area contributed by atoms with Gasteiger partial charge in [0.1, 0.15) is 11.5 Å². The first-order chi connectivity index (χ1) is 9.10. The molecule has 1 aromatic heterocycles. The average molecular weight is 327 g/mol. The van der Waals surface area contributed by atoms with Gasteiger partial charge in [0.05, 0.1) is 10.8 Å². The van der Waals surface area contributed by atoms with Crippen LogP contribution in [0.1, 0.15) is 10.5 Å². The van der Waals surface area contributed by atoms with Gasteiger partial charge in [-0.3, -0.25) is 4.79 Å². The SMILES string of the molecule is NCCn1cnc(C(=O)Nc2ccc(Br)c(F)c2)c1. The molecule has 7 heteroatoms. The monoisotopic (exact) mass is 326 g/mol. The molecule has 2 rings (SSSR count). The average Bonchev–Trinajstić information content (AvgIpc) is 2.83. The molecule has 1 aromatic carbocycles. The summed E-state index contributed by atoms with van der Waals surface area (Å²) in [4.78, 5) is 15.8. The minimum absolute atomic E-state index is 0.261. The molecule has 0 spiro atoms. The van der Waals surface area contributed by atoms with Crippen molar-refractivity contribution in [2.75, 3.05) is 11.9 Å². The predicted octanol–water partition coefficient (Wildman–Crippen LogP) is 2.00. The van der Waals surface area contributed by atoms with Crippen LogP contribution in [-0.2, 0) is 6.54 Å². The molecule has 1 amide bonds. The van der Waals surface area contributed by atoms with Crippen LogP contribution in [0.3, 0.4) is 0 Å². The second-order valence-corrected chi connectivity index (χ2v) is 4.72. The maximum Gasteiger partial charge on any atom is 0.275 e. The number of hydrogen-bond acceptors (Lipinski definition) is 3. The van der Waals surface area contributed by atoms with Crippen LogP contribution in [0, 0.1) is 5.82 Å². The van der Waals surface area contributed by atoms with E-state index in [-0.39, 0.29) is 5.69 Å². The van der Waals surface area contributed by atoms with Crippen LogP contribution in [0.15, 0.2) is 35.2 Å². The number of halogens is 2. The Morgan fingerprint density at radius 1 is 1.53 bits per heavy atom. The van der Waals surface area contributed by atoms with Crippen LogP contribution in [-0.4, -0.2) is 22.0 Å². The molecular formula is C12H12BrFN4O. The van der Waals surface area contributed by atoms with Gasteiger partial charge < -0.3 is 15.6 Å². The molecule has 0 aliphatic carbocycles. The summed E-state index contributed by atoms with van der Waals surface area (Å²) in [5, 5.41) is 2.57. The lowest BCUT2D eigenvalue weighted by Gasteiger charge is -2.04. The lowest BCUT2D eigenvalue weighted by atomic mass is 10.3. The molecule has 0 fully saturated rings. The third-order valence-corrected chi connectivity index (χ3v) is 3.07. The van der Waals surface area contributed by atoms with Gasteiger partial charge in [-0.25, -0.2) is 9.37 Å². The van der Waals surface area contributed by atoms with E-state index >= 15 is 0 Å². The van der Waals surface area contributed by atoms with Gasteiger partial charge in [0.25, 0.3) is 5.91 Å². The number of nitrogens with two attached hydrogens (primary N) is 1. The highest BCUT2D eigenvalue weighted by atomic mass is 79.9. The van der Waals surface area contributed by atoms with Crippen molar-refractivity contribution < 1.29 is 9.18 Å². The normalized spacial score (nSPS) is 10.5. The number of nitrogens with zero attached hydrogens (tertiary/aromatic N) is 2. The lowest BCUT2D eigenvalue weighted by molar-refractivity contribution is 0.102. The van der Waals surface area contributed by atoms with Gasteiger partial charge in [-0.15, -0.1) is 0 Å². The number of anilines is 1. The van der Waals surface area contributed by atoms with Gasteiger partial charge in [-0.1, -0.05) is 0 Å². The zero-order chi connectivity index (χ0) is 13.8. The molecule has 1 heterocycles. The summed E-state index contributed by atoms with van der Waals surface area (Å²) in [7, 11) is 0. The van der Waals surface area contributed by atoms with Crippen molar-refractivity contribution in [3.05, 3.63) is 46.7 Å². The Bertz CT molecular complexity index is 599. The van der Waals surface area contributed by atoms with E-state index in [1.54, 1.807) is 16.8 Å². The fraction of sp³-hybridized carbons (Fsp3) is 0.167. The summed E-state index contributed by atoms with van der Waals surface area (Å²) < 4.78 is 15.4. The second kappa shape index (κ2) is 5.94. The van der Waals surface area contributed by atoms with Crippen molar-refractivity contribution in [1.29, 1.82) is 0 Å². The first-order valence-electron chi connectivity index (χ1n) is 5.58. The van der Waals surface area contributed by atoms with E-state index < -0.39 is 11.7 Å². The Balaban J connectivity index is 2.09. The molecule has 0 unspecified atom stereocenters. The third-order valence-electron chi connectivity index (χ3n) is 2.43. The first-order valence-corrected chi connectivity index (χ1v) is 6.37. The van der Waals surface area contributed by atoms with Crippen molar-refractivity contribution in [2.45, 2.75) is 6.54 Å². The van der Waals surface area contributed by atoms with Gasteiger partial charge in [0, 0.05) is 25.0 Å². The van der Waals surface area contributed by atoms with Gasteiger partial charge in [0.15, 0.2) is 0 Å². The van der Waals surface area contributed by atoms with E-state index in [0.29, 0.717) is 23.2 Å². The summed E-state index contributed by atoms with van der Waals surface area (Å²) in [6.07, 6.45) is 3.13. The number of nitrogens with one attached hydrogen (secondary N) is 1. The third kappa shape index (κ3) is 3.39. The van der Waals surface area contributed by atoms with Crippen LogP contribution >= 0.6 is 15.9 Å². The fourth-order valence-electron chi connectivity index (χ4n) is 1.52.